The summed E-state index contributed by atoms with van der Waals surface area (Å²) in [5.74, 6) is -0.165. The predicted octanol–water partition coefficient (Wildman–Crippen LogP) is 3.35. The molecular formula is C19H24N4O. The predicted molar refractivity (Wildman–Crippen MR) is 98.3 cm³/mol. The summed E-state index contributed by atoms with van der Waals surface area (Å²) in [5, 5.41) is 7.28. The smallest absolute Gasteiger partial charge is 0.262 e. The summed E-state index contributed by atoms with van der Waals surface area (Å²) in [4.78, 5) is 16.6. The van der Waals surface area contributed by atoms with Crippen LogP contribution in [0.5, 0.6) is 0 Å². The Morgan fingerprint density at radius 3 is 2.71 bits per heavy atom. The molecule has 0 fully saturated rings. The number of hydrogen-bond acceptors (Lipinski definition) is 4. The largest absolute Gasteiger partial charge is 0.373 e. The van der Waals surface area contributed by atoms with Gasteiger partial charge in [-0.1, -0.05) is 30.7 Å². The van der Waals surface area contributed by atoms with Crippen LogP contribution in [0, 0.1) is 20.8 Å². The van der Waals surface area contributed by atoms with Gasteiger partial charge < -0.3 is 5.32 Å². The Hall–Kier alpha value is -2.69. The van der Waals surface area contributed by atoms with Crippen molar-refractivity contribution >= 4 is 17.8 Å². The molecule has 0 radical (unpaired) electrons. The zero-order chi connectivity index (χ0) is 17.5. The highest BCUT2D eigenvalue weighted by atomic mass is 16.2. The van der Waals surface area contributed by atoms with Crippen molar-refractivity contribution in [2.75, 3.05) is 5.32 Å². The minimum Gasteiger partial charge on any atom is -0.373 e. The molecule has 0 saturated carbocycles. The molecule has 1 aromatic heterocycles. The van der Waals surface area contributed by atoms with E-state index in [4.69, 9.17) is 0 Å². The number of benzene rings is 1. The molecule has 0 aliphatic heterocycles. The normalized spacial score (nSPS) is 12.2. The number of carbonyl (C=O) groups excluding carboxylic acids is 1. The molecule has 2 N–H and O–H groups in total. The number of pyridine rings is 1. The van der Waals surface area contributed by atoms with Gasteiger partial charge in [0.2, 0.25) is 0 Å². The number of hydrogen-bond donors (Lipinski definition) is 2. The topological polar surface area (TPSA) is 66.4 Å². The van der Waals surface area contributed by atoms with E-state index in [1.165, 1.54) is 5.56 Å². The highest BCUT2D eigenvalue weighted by Crippen LogP contribution is 2.17. The minimum atomic E-state index is -0.339. The van der Waals surface area contributed by atoms with E-state index in [1.807, 2.05) is 51.1 Å². The minimum absolute atomic E-state index is 0.165. The summed E-state index contributed by atoms with van der Waals surface area (Å²) in [6, 6.07) is 11.4. The van der Waals surface area contributed by atoms with Crippen molar-refractivity contribution < 1.29 is 4.79 Å². The third-order valence-electron chi connectivity index (χ3n) is 3.72. The molecule has 0 aliphatic carbocycles. The molecule has 1 heterocycles. The number of nitrogens with zero attached hydrogens (tertiary/aromatic N) is 2. The second-order valence-electron chi connectivity index (χ2n) is 5.86. The molecule has 0 saturated heterocycles. The van der Waals surface area contributed by atoms with Crippen molar-refractivity contribution in [2.45, 2.75) is 40.2 Å². The van der Waals surface area contributed by atoms with Crippen LogP contribution in [0.15, 0.2) is 41.5 Å². The molecular weight excluding hydrogens is 300 g/mol. The second kappa shape index (κ2) is 8.24. The zero-order valence-corrected chi connectivity index (χ0v) is 14.6. The van der Waals surface area contributed by atoms with E-state index in [2.05, 4.69) is 33.8 Å². The molecule has 5 heteroatoms. The number of nitrogens with one attached hydrogen (secondary N) is 2. The maximum atomic E-state index is 12.3. The van der Waals surface area contributed by atoms with Crippen LogP contribution in [-0.2, 0) is 4.79 Å². The molecule has 2 aromatic rings. The van der Waals surface area contributed by atoms with Gasteiger partial charge >= 0.3 is 0 Å². The van der Waals surface area contributed by atoms with E-state index in [0.717, 1.165) is 16.9 Å². The number of hydrazone groups is 1. The van der Waals surface area contributed by atoms with Crippen LogP contribution in [0.1, 0.15) is 35.9 Å². The van der Waals surface area contributed by atoms with Crippen molar-refractivity contribution in [3.63, 3.8) is 0 Å². The molecule has 1 atom stereocenters. The van der Waals surface area contributed by atoms with Crippen molar-refractivity contribution in [3.8, 4) is 0 Å². The first kappa shape index (κ1) is 17.7. The zero-order valence-electron chi connectivity index (χ0n) is 14.6. The highest BCUT2D eigenvalue weighted by molar-refractivity contribution is 5.86. The quantitative estimate of drug-likeness (QED) is 0.632. The lowest BCUT2D eigenvalue weighted by Crippen LogP contribution is -2.37. The molecule has 0 bridgehead atoms. The third kappa shape index (κ3) is 4.91. The number of aryl methyl sites for hydroxylation is 3. The van der Waals surface area contributed by atoms with Crippen molar-refractivity contribution in [1.29, 1.82) is 0 Å². The molecule has 2 rings (SSSR count). The number of aromatic nitrogens is 1. The monoisotopic (exact) mass is 324 g/mol. The molecule has 0 spiro atoms. The van der Waals surface area contributed by atoms with Crippen LogP contribution >= 0.6 is 0 Å². The van der Waals surface area contributed by atoms with E-state index in [9.17, 15) is 4.79 Å². The van der Waals surface area contributed by atoms with Crippen molar-refractivity contribution in [1.82, 2.24) is 10.4 Å². The van der Waals surface area contributed by atoms with E-state index in [-0.39, 0.29) is 11.9 Å². The fourth-order valence-corrected chi connectivity index (χ4v) is 2.39. The van der Waals surface area contributed by atoms with E-state index in [1.54, 1.807) is 6.21 Å². The first-order chi connectivity index (χ1) is 11.5. The number of amides is 1. The Kier molecular flexibility index (Phi) is 6.07. The lowest BCUT2D eigenvalue weighted by atomic mass is 10.1. The van der Waals surface area contributed by atoms with Gasteiger partial charge in [0, 0.05) is 11.4 Å². The summed E-state index contributed by atoms with van der Waals surface area (Å²) in [6.45, 7) is 7.96. The lowest BCUT2D eigenvalue weighted by molar-refractivity contribution is -0.121. The molecule has 5 nitrogen and oxygen atoms in total. The third-order valence-corrected chi connectivity index (χ3v) is 3.72. The molecule has 0 aliphatic rings. The second-order valence-corrected chi connectivity index (χ2v) is 5.86. The Morgan fingerprint density at radius 2 is 2.04 bits per heavy atom. The van der Waals surface area contributed by atoms with Gasteiger partial charge in [0.05, 0.1) is 11.9 Å². The van der Waals surface area contributed by atoms with Gasteiger partial charge in [0.25, 0.3) is 5.91 Å². The SMILES string of the molecule is CC[C@@H](Nc1ccc(C)cc1C)C(=O)NN=Cc1cccc(C)n1. The van der Waals surface area contributed by atoms with Crippen molar-refractivity contribution in [2.24, 2.45) is 5.10 Å². The molecule has 1 amide bonds. The standard InChI is InChI=1S/C19H24N4O/c1-5-17(22-18-10-9-13(2)11-14(18)3)19(24)23-20-12-16-8-6-7-15(4)21-16/h6-12,17,22H,5H2,1-4H3,(H,23,24)/t17-/m1/s1. The average molecular weight is 324 g/mol. The van der Waals surface area contributed by atoms with Crippen LogP contribution in [0.25, 0.3) is 0 Å². The Labute approximate surface area is 143 Å². The van der Waals surface area contributed by atoms with Crippen LogP contribution in [0.2, 0.25) is 0 Å². The molecule has 24 heavy (non-hydrogen) atoms. The molecule has 0 unspecified atom stereocenters. The molecule has 126 valence electrons. The fraction of sp³-hybridized carbons (Fsp3) is 0.316. The van der Waals surface area contributed by atoms with Crippen LogP contribution < -0.4 is 10.7 Å². The first-order valence-corrected chi connectivity index (χ1v) is 8.10. The number of anilines is 1. The number of rotatable bonds is 6. The van der Waals surface area contributed by atoms with Gasteiger partial charge in [-0.25, -0.2) is 5.43 Å². The summed E-state index contributed by atoms with van der Waals surface area (Å²) in [6.07, 6.45) is 2.21. The van der Waals surface area contributed by atoms with Gasteiger partial charge in [0.1, 0.15) is 6.04 Å². The van der Waals surface area contributed by atoms with Gasteiger partial charge in [-0.15, -0.1) is 0 Å². The Balaban J connectivity index is 1.98. The molecule has 1 aromatic carbocycles. The van der Waals surface area contributed by atoms with Gasteiger partial charge in [-0.3, -0.25) is 9.78 Å². The van der Waals surface area contributed by atoms with Gasteiger partial charge in [-0.2, -0.15) is 5.10 Å². The summed E-state index contributed by atoms with van der Waals surface area (Å²) >= 11 is 0. The van der Waals surface area contributed by atoms with Gasteiger partial charge in [0.15, 0.2) is 0 Å². The van der Waals surface area contributed by atoms with E-state index in [0.29, 0.717) is 12.1 Å². The summed E-state index contributed by atoms with van der Waals surface area (Å²) in [5.41, 5.74) is 7.49. The maximum absolute atomic E-state index is 12.3. The Bertz CT molecular complexity index is 740. The fourth-order valence-electron chi connectivity index (χ4n) is 2.39. The number of carbonyl (C=O) groups is 1. The van der Waals surface area contributed by atoms with Crippen LogP contribution in [-0.4, -0.2) is 23.1 Å². The van der Waals surface area contributed by atoms with Crippen molar-refractivity contribution in [3.05, 3.63) is 58.9 Å². The first-order valence-electron chi connectivity index (χ1n) is 8.10. The van der Waals surface area contributed by atoms with Crippen LogP contribution in [0.3, 0.4) is 0 Å². The maximum Gasteiger partial charge on any atom is 0.262 e. The van der Waals surface area contributed by atoms with Gasteiger partial charge in [-0.05, 0) is 51.0 Å². The van der Waals surface area contributed by atoms with E-state index >= 15 is 0 Å². The van der Waals surface area contributed by atoms with Crippen LogP contribution in [0.4, 0.5) is 5.69 Å². The Morgan fingerprint density at radius 1 is 1.25 bits per heavy atom. The average Bonchev–Trinajstić information content (AvgIpc) is 2.54. The lowest BCUT2D eigenvalue weighted by Gasteiger charge is -2.18. The summed E-state index contributed by atoms with van der Waals surface area (Å²) < 4.78 is 0. The van der Waals surface area contributed by atoms with E-state index < -0.39 is 0 Å². The highest BCUT2D eigenvalue weighted by Gasteiger charge is 2.16. The summed E-state index contributed by atoms with van der Waals surface area (Å²) in [7, 11) is 0.